The fraction of sp³-hybridized carbons (Fsp3) is 0.619. The molecule has 3 heterocycles. The monoisotopic (exact) mass is 355 g/mol. The molecule has 0 radical (unpaired) electrons. The van der Waals surface area contributed by atoms with Crippen molar-refractivity contribution in [1.29, 1.82) is 0 Å². The van der Waals surface area contributed by atoms with Gasteiger partial charge in [-0.1, -0.05) is 17.7 Å². The van der Waals surface area contributed by atoms with Gasteiger partial charge in [-0.2, -0.15) is 0 Å². The van der Waals surface area contributed by atoms with Crippen molar-refractivity contribution in [3.8, 4) is 0 Å². The lowest BCUT2D eigenvalue weighted by atomic mass is 9.97. The average molecular weight is 355 g/mol. The smallest absolute Gasteiger partial charge is 0.226 e. The van der Waals surface area contributed by atoms with Crippen LogP contribution in [0.15, 0.2) is 36.2 Å². The van der Waals surface area contributed by atoms with Crippen LogP contribution in [0.2, 0.25) is 0 Å². The third-order valence-corrected chi connectivity index (χ3v) is 5.86. The molecule has 2 saturated heterocycles. The van der Waals surface area contributed by atoms with E-state index in [1.165, 1.54) is 24.0 Å². The zero-order chi connectivity index (χ0) is 17.8. The van der Waals surface area contributed by atoms with Gasteiger partial charge in [0.15, 0.2) is 0 Å². The Morgan fingerprint density at radius 3 is 3.04 bits per heavy atom. The Labute approximate surface area is 156 Å². The van der Waals surface area contributed by atoms with Crippen molar-refractivity contribution in [3.63, 3.8) is 0 Å². The first kappa shape index (κ1) is 17.7. The van der Waals surface area contributed by atoms with Gasteiger partial charge in [0, 0.05) is 57.5 Å². The molecule has 5 heteroatoms. The number of nitrogens with zero attached hydrogens (tertiary/aromatic N) is 3. The molecule has 1 aliphatic carbocycles. The summed E-state index contributed by atoms with van der Waals surface area (Å²) in [6.07, 6.45) is 11.6. The van der Waals surface area contributed by atoms with Gasteiger partial charge in [-0.25, -0.2) is 0 Å². The number of carbonyl (C=O) groups excluding carboxylic acids is 1. The molecule has 0 saturated carbocycles. The van der Waals surface area contributed by atoms with Crippen LogP contribution in [0.3, 0.4) is 0 Å². The second-order valence-electron chi connectivity index (χ2n) is 7.85. The molecule has 2 fully saturated rings. The van der Waals surface area contributed by atoms with E-state index in [0.717, 1.165) is 52.2 Å². The summed E-state index contributed by atoms with van der Waals surface area (Å²) < 4.78 is 6.10. The summed E-state index contributed by atoms with van der Waals surface area (Å²) >= 11 is 0. The van der Waals surface area contributed by atoms with Crippen LogP contribution in [0.1, 0.15) is 37.7 Å². The molecule has 26 heavy (non-hydrogen) atoms. The Bertz CT molecular complexity index is 646. The largest absolute Gasteiger partial charge is 0.375 e. The van der Waals surface area contributed by atoms with Crippen LogP contribution >= 0.6 is 0 Å². The van der Waals surface area contributed by atoms with Gasteiger partial charge in [0.2, 0.25) is 5.91 Å². The van der Waals surface area contributed by atoms with Crippen LogP contribution in [0.4, 0.5) is 0 Å². The number of aromatic nitrogens is 1. The van der Waals surface area contributed by atoms with Crippen molar-refractivity contribution in [2.45, 2.75) is 44.8 Å². The summed E-state index contributed by atoms with van der Waals surface area (Å²) in [5.74, 6) is 0.701. The van der Waals surface area contributed by atoms with Gasteiger partial charge in [0.1, 0.15) is 0 Å². The summed E-state index contributed by atoms with van der Waals surface area (Å²) in [5.41, 5.74) is 2.58. The third-order valence-electron chi connectivity index (χ3n) is 5.86. The zero-order valence-electron chi connectivity index (χ0n) is 15.5. The average Bonchev–Trinajstić information content (AvgIpc) is 2.97. The van der Waals surface area contributed by atoms with Crippen LogP contribution in [0.5, 0.6) is 0 Å². The number of rotatable bonds is 4. The lowest BCUT2D eigenvalue weighted by molar-refractivity contribution is -0.130. The summed E-state index contributed by atoms with van der Waals surface area (Å²) in [7, 11) is 0. The first-order valence-corrected chi connectivity index (χ1v) is 9.96. The first-order valence-electron chi connectivity index (χ1n) is 9.96. The number of carbonyl (C=O) groups is 1. The Balaban J connectivity index is 1.33. The first-order chi connectivity index (χ1) is 12.8. The fourth-order valence-corrected chi connectivity index (χ4v) is 4.43. The molecule has 4 rings (SSSR count). The van der Waals surface area contributed by atoms with Gasteiger partial charge in [-0.05, 0) is 37.3 Å². The van der Waals surface area contributed by atoms with E-state index in [9.17, 15) is 4.79 Å². The van der Waals surface area contributed by atoms with Crippen molar-refractivity contribution >= 4 is 5.91 Å². The number of hydrogen-bond donors (Lipinski definition) is 0. The summed E-state index contributed by atoms with van der Waals surface area (Å²) in [4.78, 5) is 21.4. The summed E-state index contributed by atoms with van der Waals surface area (Å²) in [6.45, 7) is 5.18. The Morgan fingerprint density at radius 1 is 1.27 bits per heavy atom. The van der Waals surface area contributed by atoms with Crippen LogP contribution in [0.25, 0.3) is 0 Å². The molecule has 0 spiro atoms. The maximum Gasteiger partial charge on any atom is 0.226 e. The molecule has 0 N–H and O–H groups in total. The second kappa shape index (κ2) is 8.31. The Morgan fingerprint density at radius 2 is 2.23 bits per heavy atom. The highest BCUT2D eigenvalue weighted by atomic mass is 16.5. The molecule has 0 aromatic carbocycles. The number of fused-ring (bicyclic) bond motifs is 1. The van der Waals surface area contributed by atoms with Crippen molar-refractivity contribution in [1.82, 2.24) is 14.8 Å². The number of allylic oxidation sites excluding steroid dienone is 1. The van der Waals surface area contributed by atoms with E-state index in [1.54, 1.807) is 0 Å². The van der Waals surface area contributed by atoms with E-state index >= 15 is 0 Å². The minimum Gasteiger partial charge on any atom is -0.375 e. The Hall–Kier alpha value is -1.72. The molecular weight excluding hydrogens is 326 g/mol. The predicted molar refractivity (Wildman–Crippen MR) is 100 cm³/mol. The minimum atomic E-state index is 0.193. The lowest BCUT2D eigenvalue weighted by Gasteiger charge is -2.23. The SMILES string of the molecule is O=C(CC1=CCCCC1)N1C[C@@H]2CN(Cc3cccnc3)CCO[C@@H]2C1. The third kappa shape index (κ3) is 4.33. The van der Waals surface area contributed by atoms with E-state index in [4.69, 9.17) is 4.74 Å². The van der Waals surface area contributed by atoms with Crippen LogP contribution in [0, 0.1) is 5.92 Å². The van der Waals surface area contributed by atoms with E-state index in [0.29, 0.717) is 12.3 Å². The van der Waals surface area contributed by atoms with E-state index in [2.05, 4.69) is 22.0 Å². The standard InChI is InChI=1S/C21H29N3O2/c25-21(11-17-5-2-1-3-6-17)24-15-19-14-23(9-10-26-20(19)16-24)13-18-7-4-8-22-12-18/h4-5,7-8,12,19-20H,1-3,6,9-11,13-16H2/t19-,20+/m0/s1. The minimum absolute atomic E-state index is 0.193. The zero-order valence-corrected chi connectivity index (χ0v) is 15.5. The molecule has 1 aromatic heterocycles. The normalized spacial score (nSPS) is 26.9. The number of amides is 1. The molecular formula is C21H29N3O2. The summed E-state index contributed by atoms with van der Waals surface area (Å²) in [6, 6.07) is 4.11. The van der Waals surface area contributed by atoms with Gasteiger partial charge in [0.05, 0.1) is 12.7 Å². The molecule has 5 nitrogen and oxygen atoms in total. The fourth-order valence-electron chi connectivity index (χ4n) is 4.43. The second-order valence-corrected chi connectivity index (χ2v) is 7.85. The summed E-state index contributed by atoms with van der Waals surface area (Å²) in [5, 5.41) is 0. The quantitative estimate of drug-likeness (QED) is 0.779. The Kier molecular flexibility index (Phi) is 5.65. The highest BCUT2D eigenvalue weighted by molar-refractivity contribution is 5.79. The molecule has 2 aliphatic heterocycles. The van der Waals surface area contributed by atoms with E-state index in [-0.39, 0.29) is 12.0 Å². The maximum absolute atomic E-state index is 12.7. The van der Waals surface area contributed by atoms with Gasteiger partial charge >= 0.3 is 0 Å². The van der Waals surface area contributed by atoms with Gasteiger partial charge < -0.3 is 9.64 Å². The molecule has 2 atom stereocenters. The van der Waals surface area contributed by atoms with Crippen molar-refractivity contribution < 1.29 is 9.53 Å². The van der Waals surface area contributed by atoms with E-state index < -0.39 is 0 Å². The number of likely N-dealkylation sites (tertiary alicyclic amines) is 1. The topological polar surface area (TPSA) is 45.7 Å². The van der Waals surface area contributed by atoms with E-state index in [1.807, 2.05) is 23.4 Å². The van der Waals surface area contributed by atoms with Crippen LogP contribution in [-0.4, -0.2) is 59.6 Å². The number of hydrogen-bond acceptors (Lipinski definition) is 4. The van der Waals surface area contributed by atoms with Crippen molar-refractivity contribution in [2.75, 3.05) is 32.8 Å². The molecule has 0 unspecified atom stereocenters. The predicted octanol–water partition coefficient (Wildman–Crippen LogP) is 2.63. The molecule has 3 aliphatic rings. The number of ether oxygens (including phenoxy) is 1. The van der Waals surface area contributed by atoms with Crippen molar-refractivity contribution in [3.05, 3.63) is 41.7 Å². The highest BCUT2D eigenvalue weighted by Crippen LogP contribution is 2.27. The van der Waals surface area contributed by atoms with Crippen LogP contribution in [-0.2, 0) is 16.1 Å². The lowest BCUT2D eigenvalue weighted by Crippen LogP contribution is -2.33. The van der Waals surface area contributed by atoms with Gasteiger partial charge in [-0.3, -0.25) is 14.7 Å². The van der Waals surface area contributed by atoms with Gasteiger partial charge in [-0.15, -0.1) is 0 Å². The van der Waals surface area contributed by atoms with Crippen LogP contribution < -0.4 is 0 Å². The molecule has 0 bridgehead atoms. The maximum atomic E-state index is 12.7. The number of pyridine rings is 1. The molecule has 1 amide bonds. The highest BCUT2D eigenvalue weighted by Gasteiger charge is 2.38. The molecule has 1 aromatic rings. The molecule has 140 valence electrons. The van der Waals surface area contributed by atoms with Gasteiger partial charge in [0.25, 0.3) is 0 Å². The van der Waals surface area contributed by atoms with Crippen molar-refractivity contribution in [2.24, 2.45) is 5.92 Å².